The predicted octanol–water partition coefficient (Wildman–Crippen LogP) is 1.98. The summed E-state index contributed by atoms with van der Waals surface area (Å²) in [4.78, 5) is 40.8. The molecule has 0 radical (unpaired) electrons. The van der Waals surface area contributed by atoms with Crippen molar-refractivity contribution >= 4 is 35.0 Å². The van der Waals surface area contributed by atoms with E-state index in [1.807, 2.05) is 32.1 Å². The number of carbonyl (C=O) groups excluding carboxylic acids is 3. The summed E-state index contributed by atoms with van der Waals surface area (Å²) in [6, 6.07) is 3.89. The number of hydrogen-bond donors (Lipinski definition) is 3. The quantitative estimate of drug-likeness (QED) is 0.618. The molecule has 2 aliphatic rings. The van der Waals surface area contributed by atoms with Crippen LogP contribution in [0.5, 0.6) is 0 Å². The van der Waals surface area contributed by atoms with Crippen molar-refractivity contribution in [2.75, 3.05) is 19.0 Å². The van der Waals surface area contributed by atoms with Crippen LogP contribution in [0.4, 0.5) is 5.69 Å². The normalized spacial score (nSPS) is 28.8. The van der Waals surface area contributed by atoms with Crippen LogP contribution in [0.3, 0.4) is 0 Å². The lowest BCUT2D eigenvalue weighted by molar-refractivity contribution is -0.142. The molecular weight excluding hydrogens is 406 g/mol. The molecule has 3 amide bonds. The van der Waals surface area contributed by atoms with Gasteiger partial charge >= 0.3 is 0 Å². The van der Waals surface area contributed by atoms with Crippen molar-refractivity contribution in [3.05, 3.63) is 40.9 Å². The van der Waals surface area contributed by atoms with Gasteiger partial charge in [0.05, 0.1) is 35.2 Å². The fourth-order valence-corrected chi connectivity index (χ4v) is 4.93. The van der Waals surface area contributed by atoms with Gasteiger partial charge in [-0.15, -0.1) is 0 Å². The number of nitrogens with one attached hydrogen (secondary N) is 2. The molecule has 0 unspecified atom stereocenters. The number of benzene rings is 1. The number of anilines is 1. The fourth-order valence-electron chi connectivity index (χ4n) is 4.66. The molecule has 0 saturated carbocycles. The number of carbonyl (C=O) groups is 3. The number of aliphatic hydroxyl groups excluding tert-OH is 1. The zero-order valence-electron chi connectivity index (χ0n) is 17.6. The first-order chi connectivity index (χ1) is 14.2. The Bertz CT molecular complexity index is 867. The Balaban J connectivity index is 2.02. The van der Waals surface area contributed by atoms with E-state index in [2.05, 4.69) is 10.6 Å². The molecule has 7 nitrogen and oxygen atoms in total. The fraction of sp³-hybridized carbons (Fsp3) is 0.500. The molecule has 6 atom stereocenters. The molecule has 1 aliphatic carbocycles. The molecule has 1 heterocycles. The van der Waals surface area contributed by atoms with Gasteiger partial charge in [0.15, 0.2) is 0 Å². The SMILES string of the molecule is CNC(=O)[C@H]1[C@@H]2C(=O)N([C@H](C)CO)[C@H](C(=O)Nc3c(C)cccc3Cl)[C@H]2C=C[C@H]1C. The van der Waals surface area contributed by atoms with E-state index in [9.17, 15) is 19.5 Å². The third-order valence-electron chi connectivity index (χ3n) is 6.24. The van der Waals surface area contributed by atoms with Crippen molar-refractivity contribution in [2.45, 2.75) is 32.9 Å². The van der Waals surface area contributed by atoms with Crippen molar-refractivity contribution in [3.8, 4) is 0 Å². The molecule has 162 valence electrons. The van der Waals surface area contributed by atoms with Gasteiger partial charge in [-0.2, -0.15) is 0 Å². The maximum Gasteiger partial charge on any atom is 0.247 e. The average molecular weight is 434 g/mol. The number of allylic oxidation sites excluding steroid dienone is 1. The molecule has 3 N–H and O–H groups in total. The Morgan fingerprint density at radius 3 is 2.57 bits per heavy atom. The summed E-state index contributed by atoms with van der Waals surface area (Å²) < 4.78 is 0. The van der Waals surface area contributed by atoms with Crippen LogP contribution in [0.15, 0.2) is 30.4 Å². The van der Waals surface area contributed by atoms with Crippen molar-refractivity contribution in [2.24, 2.45) is 23.7 Å². The van der Waals surface area contributed by atoms with Gasteiger partial charge in [0.25, 0.3) is 0 Å². The molecule has 1 aromatic carbocycles. The second kappa shape index (κ2) is 8.78. The zero-order valence-corrected chi connectivity index (χ0v) is 18.3. The summed E-state index contributed by atoms with van der Waals surface area (Å²) in [6.45, 7) is 5.13. The van der Waals surface area contributed by atoms with E-state index >= 15 is 0 Å². The first-order valence-electron chi connectivity index (χ1n) is 10.1. The number of amides is 3. The zero-order chi connectivity index (χ0) is 22.2. The van der Waals surface area contributed by atoms with Crippen molar-refractivity contribution in [3.63, 3.8) is 0 Å². The van der Waals surface area contributed by atoms with E-state index in [1.165, 1.54) is 4.90 Å². The van der Waals surface area contributed by atoms with Gasteiger partial charge in [-0.25, -0.2) is 0 Å². The minimum Gasteiger partial charge on any atom is -0.394 e. The monoisotopic (exact) mass is 433 g/mol. The molecular formula is C22H28ClN3O4. The Morgan fingerprint density at radius 2 is 1.97 bits per heavy atom. The molecule has 30 heavy (non-hydrogen) atoms. The molecule has 3 rings (SSSR count). The van der Waals surface area contributed by atoms with Crippen LogP contribution in [-0.4, -0.2) is 53.5 Å². The number of fused-ring (bicyclic) bond motifs is 1. The lowest BCUT2D eigenvalue weighted by Gasteiger charge is -2.32. The number of nitrogens with zero attached hydrogens (tertiary/aromatic N) is 1. The average Bonchev–Trinajstić information content (AvgIpc) is 3.02. The van der Waals surface area contributed by atoms with Gasteiger partial charge < -0.3 is 20.6 Å². The van der Waals surface area contributed by atoms with E-state index in [-0.39, 0.29) is 30.2 Å². The highest BCUT2D eigenvalue weighted by atomic mass is 35.5. The van der Waals surface area contributed by atoms with E-state index in [4.69, 9.17) is 11.6 Å². The van der Waals surface area contributed by atoms with Crippen LogP contribution in [0, 0.1) is 30.6 Å². The summed E-state index contributed by atoms with van der Waals surface area (Å²) in [6.07, 6.45) is 3.75. The van der Waals surface area contributed by atoms with Crippen LogP contribution in [0.25, 0.3) is 0 Å². The summed E-state index contributed by atoms with van der Waals surface area (Å²) in [5.41, 5.74) is 1.29. The molecule has 1 fully saturated rings. The minimum absolute atomic E-state index is 0.144. The number of hydrogen-bond acceptors (Lipinski definition) is 4. The minimum atomic E-state index is -0.851. The van der Waals surface area contributed by atoms with E-state index in [1.54, 1.807) is 26.1 Å². The van der Waals surface area contributed by atoms with Crippen LogP contribution in [-0.2, 0) is 14.4 Å². The summed E-state index contributed by atoms with van der Waals surface area (Å²) >= 11 is 6.27. The second-order valence-corrected chi connectivity index (χ2v) is 8.54. The van der Waals surface area contributed by atoms with E-state index in [0.717, 1.165) is 5.56 Å². The van der Waals surface area contributed by atoms with Gasteiger partial charge in [0.1, 0.15) is 6.04 Å². The number of para-hydroxylation sites is 1. The molecule has 0 aromatic heterocycles. The topological polar surface area (TPSA) is 98.7 Å². The van der Waals surface area contributed by atoms with Gasteiger partial charge in [0.2, 0.25) is 17.7 Å². The second-order valence-electron chi connectivity index (χ2n) is 8.13. The smallest absolute Gasteiger partial charge is 0.247 e. The molecule has 8 heteroatoms. The number of rotatable bonds is 5. The summed E-state index contributed by atoms with van der Waals surface area (Å²) in [5, 5.41) is 15.7. The Morgan fingerprint density at radius 1 is 1.27 bits per heavy atom. The lowest BCUT2D eigenvalue weighted by atomic mass is 9.70. The Kier molecular flexibility index (Phi) is 6.53. The van der Waals surface area contributed by atoms with Crippen LogP contribution < -0.4 is 10.6 Å². The molecule has 1 saturated heterocycles. The van der Waals surface area contributed by atoms with Crippen molar-refractivity contribution < 1.29 is 19.5 Å². The third kappa shape index (κ3) is 3.72. The number of halogens is 1. The van der Waals surface area contributed by atoms with E-state index < -0.39 is 29.8 Å². The highest BCUT2D eigenvalue weighted by molar-refractivity contribution is 6.34. The first kappa shape index (κ1) is 22.3. The number of aliphatic hydroxyl groups is 1. The van der Waals surface area contributed by atoms with Gasteiger partial charge in [-0.3, -0.25) is 14.4 Å². The lowest BCUT2D eigenvalue weighted by Crippen LogP contribution is -2.49. The largest absolute Gasteiger partial charge is 0.394 e. The first-order valence-corrected chi connectivity index (χ1v) is 10.5. The standard InChI is InChI=1S/C22H28ClN3O4/c1-11-8-9-14-17(16(11)20(28)24-4)22(30)26(13(3)10-27)19(14)21(29)25-18-12(2)6-5-7-15(18)23/h5-9,11,13-14,16-17,19,27H,10H2,1-4H3,(H,24,28)(H,25,29)/t11-,13-,14+,16-,17-,19+/m1/s1. The molecule has 0 spiro atoms. The molecule has 0 bridgehead atoms. The van der Waals surface area contributed by atoms with Crippen LogP contribution in [0.1, 0.15) is 19.4 Å². The number of aryl methyl sites for hydroxylation is 1. The Labute approximate surface area is 181 Å². The third-order valence-corrected chi connectivity index (χ3v) is 6.55. The van der Waals surface area contributed by atoms with Gasteiger partial charge in [-0.1, -0.05) is 42.8 Å². The van der Waals surface area contributed by atoms with Crippen molar-refractivity contribution in [1.29, 1.82) is 0 Å². The maximum atomic E-state index is 13.4. The summed E-state index contributed by atoms with van der Waals surface area (Å²) in [5.74, 6) is -2.77. The highest BCUT2D eigenvalue weighted by Gasteiger charge is 2.57. The number of likely N-dealkylation sites (tertiary alicyclic amines) is 1. The summed E-state index contributed by atoms with van der Waals surface area (Å²) in [7, 11) is 1.54. The van der Waals surface area contributed by atoms with Gasteiger partial charge in [0, 0.05) is 13.0 Å². The predicted molar refractivity (Wildman–Crippen MR) is 115 cm³/mol. The van der Waals surface area contributed by atoms with Crippen LogP contribution >= 0.6 is 11.6 Å². The van der Waals surface area contributed by atoms with Crippen molar-refractivity contribution in [1.82, 2.24) is 10.2 Å². The molecule has 1 aromatic rings. The molecule has 1 aliphatic heterocycles. The van der Waals surface area contributed by atoms with Crippen LogP contribution in [0.2, 0.25) is 5.02 Å². The van der Waals surface area contributed by atoms with Gasteiger partial charge in [-0.05, 0) is 31.4 Å². The van der Waals surface area contributed by atoms with E-state index in [0.29, 0.717) is 10.7 Å². The maximum absolute atomic E-state index is 13.4. The highest BCUT2D eigenvalue weighted by Crippen LogP contribution is 2.45. The Hall–Kier alpha value is -2.38.